The maximum absolute atomic E-state index is 4.23. The van der Waals surface area contributed by atoms with Gasteiger partial charge in [-0.1, -0.05) is 18.6 Å². The average Bonchev–Trinajstić information content (AvgIpc) is 1.95. The number of hydrogen-bond acceptors (Lipinski definition) is 1. The van der Waals surface area contributed by atoms with Gasteiger partial charge in [-0.25, -0.2) is 0 Å². The molecule has 1 heterocycles. The van der Waals surface area contributed by atoms with Gasteiger partial charge in [-0.05, 0) is 32.3 Å². The first kappa shape index (κ1) is 8.25. The summed E-state index contributed by atoms with van der Waals surface area (Å²) in [7, 11) is 0. The Morgan fingerprint density at radius 1 is 1.45 bits per heavy atom. The summed E-state index contributed by atoms with van der Waals surface area (Å²) in [5.41, 5.74) is 2.53. The van der Waals surface area contributed by atoms with Crippen LogP contribution in [0.2, 0.25) is 0 Å². The molecule has 0 spiro atoms. The molecule has 0 amide bonds. The molecule has 0 aromatic rings. The molecule has 0 aromatic heterocycles. The van der Waals surface area contributed by atoms with Crippen LogP contribution in [0.5, 0.6) is 0 Å². The Bertz CT molecular complexity index is 221. The largest absolute Gasteiger partial charge is 0.262 e. The zero-order chi connectivity index (χ0) is 8.27. The van der Waals surface area contributed by atoms with Crippen LogP contribution in [0.4, 0.5) is 0 Å². The van der Waals surface area contributed by atoms with Crippen LogP contribution in [0.1, 0.15) is 27.2 Å². The third kappa shape index (κ3) is 2.34. The van der Waals surface area contributed by atoms with E-state index in [1.165, 1.54) is 5.57 Å². The second-order valence-electron chi connectivity index (χ2n) is 3.18. The van der Waals surface area contributed by atoms with Crippen LogP contribution in [-0.4, -0.2) is 5.71 Å². The van der Waals surface area contributed by atoms with Crippen molar-refractivity contribution in [1.29, 1.82) is 0 Å². The van der Waals surface area contributed by atoms with Crippen molar-refractivity contribution in [3.8, 4) is 0 Å². The molecule has 1 nitrogen and oxygen atoms in total. The Kier molecular flexibility index (Phi) is 2.64. The third-order valence-corrected chi connectivity index (χ3v) is 2.09. The molecule has 1 aliphatic rings. The van der Waals surface area contributed by atoms with E-state index in [1.54, 1.807) is 0 Å². The number of nitrogens with zero attached hydrogens (tertiary/aromatic N) is 1. The summed E-state index contributed by atoms with van der Waals surface area (Å²) in [6.45, 7) is 6.45. The van der Waals surface area contributed by atoms with Crippen LogP contribution in [-0.2, 0) is 0 Å². The van der Waals surface area contributed by atoms with Gasteiger partial charge in [0.05, 0.1) is 0 Å². The lowest BCUT2D eigenvalue weighted by atomic mass is 9.97. The minimum absolute atomic E-state index is 0.664. The van der Waals surface area contributed by atoms with Gasteiger partial charge >= 0.3 is 0 Å². The molecule has 11 heavy (non-hydrogen) atoms. The van der Waals surface area contributed by atoms with E-state index in [0.29, 0.717) is 5.92 Å². The van der Waals surface area contributed by atoms with Crippen molar-refractivity contribution in [2.24, 2.45) is 10.9 Å². The van der Waals surface area contributed by atoms with E-state index in [2.05, 4.69) is 31.0 Å². The van der Waals surface area contributed by atoms with E-state index in [0.717, 1.165) is 12.1 Å². The van der Waals surface area contributed by atoms with Crippen molar-refractivity contribution in [3.63, 3.8) is 0 Å². The molecular weight excluding hydrogens is 134 g/mol. The molecule has 0 fully saturated rings. The zero-order valence-corrected chi connectivity index (χ0v) is 7.46. The van der Waals surface area contributed by atoms with E-state index in [-0.39, 0.29) is 0 Å². The molecule has 0 aromatic carbocycles. The predicted molar refractivity (Wildman–Crippen MR) is 49.8 cm³/mol. The molecule has 1 unspecified atom stereocenters. The monoisotopic (exact) mass is 149 g/mol. The highest BCUT2D eigenvalue weighted by atomic mass is 14.7. The maximum Gasteiger partial charge on any atom is 0.0372 e. The Morgan fingerprint density at radius 3 is 2.91 bits per heavy atom. The molecule has 0 bridgehead atoms. The fourth-order valence-electron chi connectivity index (χ4n) is 1.13. The average molecular weight is 149 g/mol. The molecule has 0 saturated carbocycles. The summed E-state index contributed by atoms with van der Waals surface area (Å²) in [5, 5.41) is 0. The summed E-state index contributed by atoms with van der Waals surface area (Å²) >= 11 is 0. The molecule has 0 saturated heterocycles. The summed E-state index contributed by atoms with van der Waals surface area (Å²) in [5.74, 6) is 0.664. The van der Waals surface area contributed by atoms with Crippen molar-refractivity contribution >= 4 is 5.71 Å². The predicted octanol–water partition coefficient (Wildman–Crippen LogP) is 2.95. The summed E-state index contributed by atoms with van der Waals surface area (Å²) < 4.78 is 0. The minimum atomic E-state index is 0.664. The molecule has 1 aliphatic heterocycles. The fourth-order valence-corrected chi connectivity index (χ4v) is 1.13. The first-order valence-electron chi connectivity index (χ1n) is 4.08. The number of aliphatic imine (C=N–C) groups is 1. The first-order chi connectivity index (χ1) is 5.20. The first-order valence-corrected chi connectivity index (χ1v) is 4.08. The molecule has 0 aliphatic carbocycles. The van der Waals surface area contributed by atoms with Gasteiger partial charge in [-0.15, -0.1) is 0 Å². The van der Waals surface area contributed by atoms with Gasteiger partial charge in [0, 0.05) is 11.9 Å². The molecule has 0 radical (unpaired) electrons. The lowest BCUT2D eigenvalue weighted by Gasteiger charge is -2.10. The van der Waals surface area contributed by atoms with Crippen molar-refractivity contribution in [3.05, 3.63) is 23.9 Å². The van der Waals surface area contributed by atoms with Crippen LogP contribution in [0, 0.1) is 5.92 Å². The molecule has 60 valence electrons. The lowest BCUT2D eigenvalue weighted by molar-refractivity contribution is 0.694. The second kappa shape index (κ2) is 3.51. The third-order valence-electron chi connectivity index (χ3n) is 2.09. The zero-order valence-electron chi connectivity index (χ0n) is 7.46. The molecular formula is C10H15N. The molecule has 0 N–H and O–H groups in total. The van der Waals surface area contributed by atoms with Gasteiger partial charge in [-0.2, -0.15) is 0 Å². The summed E-state index contributed by atoms with van der Waals surface area (Å²) in [4.78, 5) is 4.23. The highest BCUT2D eigenvalue weighted by Crippen LogP contribution is 2.16. The standard InChI is InChI=1S/C10H15N/c1-8-5-4-6-11-10(3)7-9(8)2/h4,6-8H,5H2,1-3H3/b6-4+,9-7-,11-10+. The number of allylic oxidation sites excluding steroid dienone is 3. The highest BCUT2D eigenvalue weighted by Gasteiger charge is 2.03. The molecule has 1 rings (SSSR count). The number of hydrogen-bond donors (Lipinski definition) is 0. The van der Waals surface area contributed by atoms with Crippen LogP contribution in [0.3, 0.4) is 0 Å². The van der Waals surface area contributed by atoms with Crippen molar-refractivity contribution in [1.82, 2.24) is 0 Å². The minimum Gasteiger partial charge on any atom is -0.262 e. The summed E-state index contributed by atoms with van der Waals surface area (Å²) in [6, 6.07) is 0. The van der Waals surface area contributed by atoms with Crippen LogP contribution in [0.25, 0.3) is 0 Å². The van der Waals surface area contributed by atoms with E-state index >= 15 is 0 Å². The van der Waals surface area contributed by atoms with Crippen LogP contribution < -0.4 is 0 Å². The van der Waals surface area contributed by atoms with E-state index in [9.17, 15) is 0 Å². The quantitative estimate of drug-likeness (QED) is 0.502. The van der Waals surface area contributed by atoms with Crippen molar-refractivity contribution < 1.29 is 0 Å². The Hall–Kier alpha value is -0.850. The molecule has 1 heteroatoms. The van der Waals surface area contributed by atoms with Gasteiger partial charge < -0.3 is 0 Å². The topological polar surface area (TPSA) is 12.4 Å². The van der Waals surface area contributed by atoms with Crippen LogP contribution in [0.15, 0.2) is 28.9 Å². The lowest BCUT2D eigenvalue weighted by Crippen LogP contribution is -1.99. The van der Waals surface area contributed by atoms with Crippen molar-refractivity contribution in [2.45, 2.75) is 27.2 Å². The van der Waals surface area contributed by atoms with Gasteiger partial charge in [-0.3, -0.25) is 4.99 Å². The van der Waals surface area contributed by atoms with E-state index < -0.39 is 0 Å². The Morgan fingerprint density at radius 2 is 2.18 bits per heavy atom. The molecule has 1 atom stereocenters. The number of rotatable bonds is 0. The SMILES string of the molecule is C/C1=C/C(C)=N/C=C/CC1C. The fraction of sp³-hybridized carbons (Fsp3) is 0.500. The van der Waals surface area contributed by atoms with Crippen LogP contribution >= 0.6 is 0 Å². The highest BCUT2D eigenvalue weighted by molar-refractivity contribution is 5.93. The second-order valence-corrected chi connectivity index (χ2v) is 3.18. The van der Waals surface area contributed by atoms with Gasteiger partial charge in [0.15, 0.2) is 0 Å². The summed E-state index contributed by atoms with van der Waals surface area (Å²) in [6.07, 6.45) is 7.30. The maximum atomic E-state index is 4.23. The Balaban J connectivity index is 2.86. The Labute approximate surface area is 68.5 Å². The van der Waals surface area contributed by atoms with E-state index in [1.807, 2.05) is 13.1 Å². The van der Waals surface area contributed by atoms with Gasteiger partial charge in [0.1, 0.15) is 0 Å². The van der Waals surface area contributed by atoms with Gasteiger partial charge in [0.2, 0.25) is 0 Å². The van der Waals surface area contributed by atoms with E-state index in [4.69, 9.17) is 0 Å². The smallest absolute Gasteiger partial charge is 0.0372 e. The van der Waals surface area contributed by atoms with Crippen molar-refractivity contribution in [2.75, 3.05) is 0 Å². The van der Waals surface area contributed by atoms with Gasteiger partial charge in [0.25, 0.3) is 0 Å². The normalized spacial score (nSPS) is 37.5.